The molecule has 1 amide bonds. The summed E-state index contributed by atoms with van der Waals surface area (Å²) in [6.07, 6.45) is 2.83. The molecule has 0 fully saturated rings. The maximum atomic E-state index is 13.8. The van der Waals surface area contributed by atoms with Gasteiger partial charge in [-0.1, -0.05) is 22.8 Å². The highest BCUT2D eigenvalue weighted by atomic mass is 35.5. The first-order chi connectivity index (χ1) is 11.9. The van der Waals surface area contributed by atoms with Gasteiger partial charge in [-0.25, -0.2) is 4.39 Å². The number of carbonyl (C=O) groups excluding carboxylic acids is 1. The third-order valence-electron chi connectivity index (χ3n) is 3.27. The monoisotopic (exact) mass is 364 g/mol. The second kappa shape index (κ2) is 6.69. The summed E-state index contributed by atoms with van der Waals surface area (Å²) in [5.41, 5.74) is 0.452. The molecule has 0 spiro atoms. The average molecular weight is 365 g/mol. The molecule has 0 atom stereocenters. The summed E-state index contributed by atoms with van der Waals surface area (Å²) in [6, 6.07) is 5.37. The van der Waals surface area contributed by atoms with Gasteiger partial charge in [-0.15, -0.1) is 5.10 Å². The van der Waals surface area contributed by atoms with Gasteiger partial charge in [0.1, 0.15) is 5.82 Å². The predicted molar refractivity (Wildman–Crippen MR) is 85.9 cm³/mol. The Morgan fingerprint density at radius 1 is 1.48 bits per heavy atom. The van der Waals surface area contributed by atoms with E-state index in [1.165, 1.54) is 29.2 Å². The van der Waals surface area contributed by atoms with E-state index in [0.29, 0.717) is 5.69 Å². The van der Waals surface area contributed by atoms with Crippen LogP contribution in [-0.4, -0.2) is 30.8 Å². The first-order valence-corrected chi connectivity index (χ1v) is 7.28. The van der Waals surface area contributed by atoms with Crippen LogP contribution in [0.2, 0.25) is 5.02 Å². The number of nitrogens with one attached hydrogen (secondary N) is 2. The van der Waals surface area contributed by atoms with Crippen molar-refractivity contribution in [3.8, 4) is 0 Å². The van der Waals surface area contributed by atoms with E-state index in [1.54, 1.807) is 6.07 Å². The second-order valence-corrected chi connectivity index (χ2v) is 5.38. The fraction of sp³-hybridized carbons (Fsp3) is 0.0714. The number of anilines is 1. The van der Waals surface area contributed by atoms with Gasteiger partial charge >= 0.3 is 5.82 Å². The summed E-state index contributed by atoms with van der Waals surface area (Å²) in [4.78, 5) is 21.9. The van der Waals surface area contributed by atoms with Crippen molar-refractivity contribution >= 4 is 29.0 Å². The minimum atomic E-state index is -0.694. The van der Waals surface area contributed by atoms with Crippen molar-refractivity contribution in [2.75, 3.05) is 5.32 Å². The number of hydrogen-bond acceptors (Lipinski definition) is 5. The normalized spacial score (nSPS) is 10.6. The van der Waals surface area contributed by atoms with Gasteiger partial charge < -0.3 is 15.4 Å². The Bertz CT molecular complexity index is 933. The van der Waals surface area contributed by atoms with Crippen molar-refractivity contribution in [2.24, 2.45) is 0 Å². The van der Waals surface area contributed by atoms with E-state index in [4.69, 9.17) is 11.6 Å². The molecular formula is C14H10ClFN6O3. The van der Waals surface area contributed by atoms with Gasteiger partial charge in [0.05, 0.1) is 24.5 Å². The fourth-order valence-electron chi connectivity index (χ4n) is 2.08. The second-order valence-electron chi connectivity index (χ2n) is 4.98. The van der Waals surface area contributed by atoms with Crippen LogP contribution in [0.25, 0.3) is 0 Å². The van der Waals surface area contributed by atoms with Gasteiger partial charge in [-0.2, -0.15) is 5.10 Å². The molecular weight excluding hydrogens is 355 g/mol. The summed E-state index contributed by atoms with van der Waals surface area (Å²) in [6.45, 7) is 0.0786. The molecule has 11 heteroatoms. The predicted octanol–water partition coefficient (Wildman–Crippen LogP) is 2.61. The number of benzene rings is 1. The number of amides is 1. The number of nitro groups is 1. The van der Waals surface area contributed by atoms with E-state index in [0.717, 1.165) is 6.07 Å². The number of halogens is 2. The van der Waals surface area contributed by atoms with Crippen LogP contribution in [0.5, 0.6) is 0 Å². The van der Waals surface area contributed by atoms with Crippen molar-refractivity contribution in [2.45, 2.75) is 6.54 Å². The molecule has 128 valence electrons. The highest BCUT2D eigenvalue weighted by molar-refractivity contribution is 6.31. The standard InChI is InChI=1S/C14H10ClFN6O3/c15-10-2-1-3-11(16)9(10)7-21-6-8(5-17-21)18-14(23)12-4-13(20-19-12)22(24)25/h1-6H,7H2,(H,18,23)(H,19,20). The van der Waals surface area contributed by atoms with Crippen LogP contribution in [0.3, 0.4) is 0 Å². The average Bonchev–Trinajstić information content (AvgIpc) is 3.20. The van der Waals surface area contributed by atoms with Crippen molar-refractivity contribution < 1.29 is 14.1 Å². The largest absolute Gasteiger partial charge is 0.358 e. The molecule has 0 radical (unpaired) electrons. The Morgan fingerprint density at radius 2 is 2.28 bits per heavy atom. The minimum Gasteiger partial charge on any atom is -0.358 e. The fourth-order valence-corrected chi connectivity index (χ4v) is 2.30. The molecule has 0 bridgehead atoms. The molecule has 2 aromatic heterocycles. The molecule has 2 N–H and O–H groups in total. The lowest BCUT2D eigenvalue weighted by Gasteiger charge is -2.05. The Hall–Kier alpha value is -3.27. The molecule has 9 nitrogen and oxygen atoms in total. The van der Waals surface area contributed by atoms with Crippen molar-refractivity contribution in [1.82, 2.24) is 20.0 Å². The third kappa shape index (κ3) is 3.63. The van der Waals surface area contributed by atoms with Crippen LogP contribution >= 0.6 is 11.6 Å². The Morgan fingerprint density at radius 3 is 2.96 bits per heavy atom. The van der Waals surface area contributed by atoms with Crippen molar-refractivity contribution in [1.29, 1.82) is 0 Å². The molecule has 3 aromatic rings. The van der Waals surface area contributed by atoms with Crippen LogP contribution < -0.4 is 5.32 Å². The SMILES string of the molecule is O=C(Nc1cnn(Cc2c(F)cccc2Cl)c1)c1cc([N+](=O)[O-])[nH]n1. The number of aromatic amines is 1. The smallest absolute Gasteiger partial charge is 0.343 e. The summed E-state index contributed by atoms with van der Waals surface area (Å²) < 4.78 is 15.2. The molecule has 0 aliphatic heterocycles. The van der Waals surface area contributed by atoms with E-state index < -0.39 is 22.5 Å². The van der Waals surface area contributed by atoms with Gasteiger partial charge in [0, 0.05) is 16.8 Å². The van der Waals surface area contributed by atoms with Crippen LogP contribution in [0.15, 0.2) is 36.7 Å². The first-order valence-electron chi connectivity index (χ1n) is 6.90. The highest BCUT2D eigenvalue weighted by Crippen LogP contribution is 2.20. The zero-order chi connectivity index (χ0) is 18.0. The Balaban J connectivity index is 1.71. The Kier molecular flexibility index (Phi) is 4.44. The number of H-pyrrole nitrogens is 1. The van der Waals surface area contributed by atoms with Gasteiger partial charge in [0.15, 0.2) is 5.69 Å². The maximum Gasteiger partial charge on any atom is 0.343 e. The summed E-state index contributed by atoms with van der Waals surface area (Å²) in [5, 5.41) is 23.0. The van der Waals surface area contributed by atoms with Crippen molar-refractivity contribution in [3.05, 3.63) is 68.9 Å². The van der Waals surface area contributed by atoms with Crippen LogP contribution in [0.1, 0.15) is 16.1 Å². The lowest BCUT2D eigenvalue weighted by Crippen LogP contribution is -2.12. The number of carbonyl (C=O) groups is 1. The van der Waals surface area contributed by atoms with Gasteiger partial charge in [-0.3, -0.25) is 9.48 Å². The number of nitrogens with zero attached hydrogens (tertiary/aromatic N) is 4. The molecule has 2 heterocycles. The Labute approximate surface area is 144 Å². The minimum absolute atomic E-state index is 0.0786. The first kappa shape index (κ1) is 16.6. The summed E-state index contributed by atoms with van der Waals surface area (Å²) in [5.74, 6) is -1.50. The van der Waals surface area contributed by atoms with Crippen LogP contribution in [0, 0.1) is 15.9 Å². The quantitative estimate of drug-likeness (QED) is 0.532. The number of hydrogen-bond donors (Lipinski definition) is 2. The van der Waals surface area contributed by atoms with Gasteiger partial charge in [0.25, 0.3) is 5.91 Å². The summed E-state index contributed by atoms with van der Waals surface area (Å²) >= 11 is 5.96. The maximum absolute atomic E-state index is 13.8. The third-order valence-corrected chi connectivity index (χ3v) is 3.62. The molecule has 25 heavy (non-hydrogen) atoms. The highest BCUT2D eigenvalue weighted by Gasteiger charge is 2.17. The van der Waals surface area contributed by atoms with Gasteiger partial charge in [-0.05, 0) is 17.1 Å². The zero-order valence-electron chi connectivity index (χ0n) is 12.4. The molecule has 0 aliphatic carbocycles. The number of rotatable bonds is 5. The molecule has 0 aliphatic rings. The molecule has 1 aromatic carbocycles. The van der Waals surface area contributed by atoms with E-state index in [-0.39, 0.29) is 22.8 Å². The van der Waals surface area contributed by atoms with E-state index >= 15 is 0 Å². The van der Waals surface area contributed by atoms with Crippen LogP contribution in [-0.2, 0) is 6.54 Å². The lowest BCUT2D eigenvalue weighted by atomic mass is 10.2. The topological polar surface area (TPSA) is 119 Å². The van der Waals surface area contributed by atoms with Crippen LogP contribution in [0.4, 0.5) is 15.9 Å². The van der Waals surface area contributed by atoms with E-state index in [2.05, 4.69) is 20.6 Å². The summed E-state index contributed by atoms with van der Waals surface area (Å²) in [7, 11) is 0. The molecule has 0 saturated carbocycles. The van der Waals surface area contributed by atoms with E-state index in [9.17, 15) is 19.3 Å². The zero-order valence-corrected chi connectivity index (χ0v) is 13.2. The van der Waals surface area contributed by atoms with Gasteiger partial charge in [0.2, 0.25) is 0 Å². The number of aromatic nitrogens is 4. The molecule has 0 saturated heterocycles. The van der Waals surface area contributed by atoms with E-state index in [1.807, 2.05) is 0 Å². The van der Waals surface area contributed by atoms with Crippen molar-refractivity contribution in [3.63, 3.8) is 0 Å². The molecule has 0 unspecified atom stereocenters. The molecule has 3 rings (SSSR count). The lowest BCUT2D eigenvalue weighted by molar-refractivity contribution is -0.389.